The average molecular weight is 168 g/mol. The molecule has 0 aliphatic rings. The molecule has 1 rings (SSSR count). The van der Waals surface area contributed by atoms with Gasteiger partial charge in [-0.15, -0.1) is 0 Å². The van der Waals surface area contributed by atoms with Gasteiger partial charge in [-0.05, 0) is 19.1 Å². The van der Waals surface area contributed by atoms with Crippen molar-refractivity contribution < 1.29 is 0 Å². The van der Waals surface area contributed by atoms with Crippen molar-refractivity contribution in [2.75, 3.05) is 0 Å². The van der Waals surface area contributed by atoms with E-state index in [9.17, 15) is 0 Å². The molecule has 2 nitrogen and oxygen atoms in total. The van der Waals surface area contributed by atoms with Gasteiger partial charge in [-0.1, -0.05) is 30.0 Å². The first kappa shape index (κ1) is 8.59. The van der Waals surface area contributed by atoms with Crippen LogP contribution in [0, 0.1) is 0 Å². The lowest BCUT2D eigenvalue weighted by Crippen LogP contribution is -2.41. The van der Waals surface area contributed by atoms with Gasteiger partial charge in [0.15, 0.2) is 0 Å². The van der Waals surface area contributed by atoms with Crippen LogP contribution >= 0.6 is 11.8 Å². The highest BCUT2D eigenvalue weighted by atomic mass is 32.2. The van der Waals surface area contributed by atoms with Crippen molar-refractivity contribution in [1.29, 1.82) is 0 Å². The molecule has 0 amide bonds. The van der Waals surface area contributed by atoms with E-state index in [1.807, 2.05) is 30.3 Å². The fourth-order valence-corrected chi connectivity index (χ4v) is 1.54. The molecule has 0 aliphatic carbocycles. The molecule has 3 heteroatoms. The summed E-state index contributed by atoms with van der Waals surface area (Å²) in [4.78, 5) is 0.418. The second-order valence-electron chi connectivity index (χ2n) is 2.60. The highest BCUT2D eigenvalue weighted by Gasteiger charge is 2.11. The smallest absolute Gasteiger partial charge is 0.113 e. The lowest BCUT2D eigenvalue weighted by Gasteiger charge is -2.17. The third kappa shape index (κ3) is 3.41. The van der Waals surface area contributed by atoms with Gasteiger partial charge in [-0.25, -0.2) is 0 Å². The van der Waals surface area contributed by atoms with Gasteiger partial charge < -0.3 is 11.5 Å². The fraction of sp³-hybridized carbons (Fsp3) is 0.250. The molecule has 1 aromatic carbocycles. The maximum Gasteiger partial charge on any atom is 0.113 e. The van der Waals surface area contributed by atoms with E-state index in [2.05, 4.69) is 0 Å². The summed E-state index contributed by atoms with van der Waals surface area (Å²) in [6.45, 7) is 1.78. The van der Waals surface area contributed by atoms with Gasteiger partial charge in [-0.2, -0.15) is 0 Å². The molecule has 0 fully saturated rings. The standard InChI is InChI=1S/C8H12N2S/c1-8(9,10)11-7-5-3-2-4-6-7/h2-6H,9-10H2,1H3. The number of thioether (sulfide) groups is 1. The summed E-state index contributed by atoms with van der Waals surface area (Å²) in [6.07, 6.45) is 0. The van der Waals surface area contributed by atoms with Gasteiger partial charge in [0.25, 0.3) is 0 Å². The number of nitrogens with two attached hydrogens (primary N) is 2. The molecule has 0 saturated carbocycles. The normalized spacial score (nSPS) is 11.5. The van der Waals surface area contributed by atoms with Crippen molar-refractivity contribution >= 4 is 11.8 Å². The van der Waals surface area contributed by atoms with Gasteiger partial charge in [-0.3, -0.25) is 0 Å². The largest absolute Gasteiger partial charge is 0.305 e. The molecule has 0 unspecified atom stereocenters. The van der Waals surface area contributed by atoms with Crippen molar-refractivity contribution in [3.63, 3.8) is 0 Å². The summed E-state index contributed by atoms with van der Waals surface area (Å²) in [5.41, 5.74) is 11.2. The minimum Gasteiger partial charge on any atom is -0.305 e. The molecule has 0 radical (unpaired) electrons. The number of hydrogen-bond donors (Lipinski definition) is 2. The SMILES string of the molecule is CC(N)(N)Sc1ccccc1. The first-order valence-electron chi connectivity index (χ1n) is 3.40. The molecule has 0 aliphatic heterocycles. The first-order valence-corrected chi connectivity index (χ1v) is 4.21. The summed E-state index contributed by atoms with van der Waals surface area (Å²) in [5.74, 6) is 0. The predicted molar refractivity (Wildman–Crippen MR) is 49.1 cm³/mol. The number of rotatable bonds is 2. The van der Waals surface area contributed by atoms with Crippen molar-refractivity contribution in [3.05, 3.63) is 30.3 Å². The molecular formula is C8H12N2S. The van der Waals surface area contributed by atoms with Gasteiger partial charge in [0, 0.05) is 4.90 Å². The molecule has 4 N–H and O–H groups in total. The molecule has 1 aromatic rings. The van der Waals surface area contributed by atoms with Crippen molar-refractivity contribution in [3.8, 4) is 0 Å². The highest BCUT2D eigenvalue weighted by molar-refractivity contribution is 8.00. The zero-order valence-corrected chi connectivity index (χ0v) is 7.27. The van der Waals surface area contributed by atoms with E-state index in [0.717, 1.165) is 4.90 Å². The minimum atomic E-state index is -0.679. The zero-order chi connectivity index (χ0) is 8.32. The zero-order valence-electron chi connectivity index (χ0n) is 6.45. The van der Waals surface area contributed by atoms with Crippen LogP contribution in [-0.2, 0) is 0 Å². The van der Waals surface area contributed by atoms with E-state index in [4.69, 9.17) is 11.5 Å². The van der Waals surface area contributed by atoms with Crippen LogP contribution in [0.1, 0.15) is 6.92 Å². The number of hydrogen-bond acceptors (Lipinski definition) is 3. The Labute approximate surface area is 71.0 Å². The van der Waals surface area contributed by atoms with Crippen LogP contribution in [0.15, 0.2) is 35.2 Å². The summed E-state index contributed by atoms with van der Waals surface area (Å²) in [5, 5.41) is 0. The van der Waals surface area contributed by atoms with Crippen molar-refractivity contribution in [2.45, 2.75) is 16.8 Å². The molecule has 11 heavy (non-hydrogen) atoms. The Morgan fingerprint density at radius 3 is 2.18 bits per heavy atom. The van der Waals surface area contributed by atoms with E-state index in [1.54, 1.807) is 6.92 Å². The van der Waals surface area contributed by atoms with Crippen LogP contribution in [0.4, 0.5) is 0 Å². The third-order valence-corrected chi connectivity index (χ3v) is 2.03. The first-order chi connectivity index (χ1) is 5.08. The Morgan fingerprint density at radius 1 is 1.18 bits per heavy atom. The number of benzene rings is 1. The van der Waals surface area contributed by atoms with Gasteiger partial charge in [0.1, 0.15) is 4.99 Å². The topological polar surface area (TPSA) is 52.0 Å². The van der Waals surface area contributed by atoms with Crippen LogP contribution in [0.5, 0.6) is 0 Å². The van der Waals surface area contributed by atoms with E-state index in [0.29, 0.717) is 0 Å². The van der Waals surface area contributed by atoms with Gasteiger partial charge >= 0.3 is 0 Å². The fourth-order valence-electron chi connectivity index (χ4n) is 0.742. The van der Waals surface area contributed by atoms with Crippen LogP contribution in [0.3, 0.4) is 0 Å². The molecule has 0 saturated heterocycles. The molecule has 0 spiro atoms. The summed E-state index contributed by atoms with van der Waals surface area (Å²) in [7, 11) is 0. The van der Waals surface area contributed by atoms with Crippen LogP contribution in [-0.4, -0.2) is 4.99 Å². The predicted octanol–water partition coefficient (Wildman–Crippen LogP) is 1.37. The lowest BCUT2D eigenvalue weighted by atomic mass is 10.4. The molecule has 0 atom stereocenters. The van der Waals surface area contributed by atoms with E-state index >= 15 is 0 Å². The Bertz CT molecular complexity index is 215. The second-order valence-corrected chi connectivity index (χ2v) is 4.15. The average Bonchev–Trinajstić information content (AvgIpc) is 1.85. The Hall–Kier alpha value is -0.510. The Kier molecular flexibility index (Phi) is 2.54. The van der Waals surface area contributed by atoms with E-state index in [-0.39, 0.29) is 0 Å². The molecule has 60 valence electrons. The molecule has 0 heterocycles. The van der Waals surface area contributed by atoms with E-state index in [1.165, 1.54) is 11.8 Å². The Morgan fingerprint density at radius 2 is 1.73 bits per heavy atom. The summed E-state index contributed by atoms with van der Waals surface area (Å²) in [6, 6.07) is 9.88. The lowest BCUT2D eigenvalue weighted by molar-refractivity contribution is 0.717. The van der Waals surface area contributed by atoms with E-state index < -0.39 is 4.99 Å². The van der Waals surface area contributed by atoms with Gasteiger partial charge in [0.05, 0.1) is 0 Å². The van der Waals surface area contributed by atoms with Crippen molar-refractivity contribution in [1.82, 2.24) is 0 Å². The highest BCUT2D eigenvalue weighted by Crippen LogP contribution is 2.23. The van der Waals surface area contributed by atoms with Crippen LogP contribution in [0.25, 0.3) is 0 Å². The van der Waals surface area contributed by atoms with Crippen LogP contribution in [0.2, 0.25) is 0 Å². The summed E-state index contributed by atoms with van der Waals surface area (Å²) < 4.78 is 0. The molecule has 0 bridgehead atoms. The van der Waals surface area contributed by atoms with Crippen LogP contribution < -0.4 is 11.5 Å². The molecule has 0 aromatic heterocycles. The third-order valence-electron chi connectivity index (χ3n) is 1.08. The quantitative estimate of drug-likeness (QED) is 0.518. The van der Waals surface area contributed by atoms with Crippen molar-refractivity contribution in [2.24, 2.45) is 11.5 Å². The minimum absolute atomic E-state index is 0.679. The maximum absolute atomic E-state index is 5.61. The maximum atomic E-state index is 5.61. The monoisotopic (exact) mass is 168 g/mol. The summed E-state index contributed by atoms with van der Waals surface area (Å²) >= 11 is 1.46. The van der Waals surface area contributed by atoms with Gasteiger partial charge in [0.2, 0.25) is 0 Å². The Balaban J connectivity index is 2.66. The second kappa shape index (κ2) is 3.26. The molecular weight excluding hydrogens is 156 g/mol.